The Morgan fingerprint density at radius 1 is 0.919 bits per heavy atom. The molecule has 0 spiro atoms. The number of aliphatic hydroxyl groups excluding tert-OH is 4. The summed E-state index contributed by atoms with van der Waals surface area (Å²) in [6.45, 7) is -0.405. The van der Waals surface area contributed by atoms with Crippen LogP contribution in [0.25, 0.3) is 0 Å². The minimum atomic E-state index is -1.62. The largest absolute Gasteiger partial charge is 0.504 e. The van der Waals surface area contributed by atoms with E-state index in [1.54, 1.807) is 18.2 Å². The molecule has 2 aromatic rings. The van der Waals surface area contributed by atoms with E-state index in [1.807, 2.05) is 0 Å². The first-order valence-corrected chi connectivity index (χ1v) is 11.9. The van der Waals surface area contributed by atoms with Gasteiger partial charge >= 0.3 is 5.97 Å². The number of methoxy groups -OCH3 is 2. The lowest BCUT2D eigenvalue weighted by Crippen LogP contribution is -2.55. The summed E-state index contributed by atoms with van der Waals surface area (Å²) in [7, 11) is 2.80. The molecule has 0 aliphatic carbocycles. The van der Waals surface area contributed by atoms with Gasteiger partial charge in [0.1, 0.15) is 30.5 Å². The Morgan fingerprint density at radius 2 is 1.62 bits per heavy atom. The number of carbonyl (C=O) groups is 1. The Bertz CT molecular complexity index is 1120. The molecule has 11 heteroatoms. The van der Waals surface area contributed by atoms with Gasteiger partial charge in [-0.1, -0.05) is 6.07 Å². The first-order chi connectivity index (χ1) is 17.7. The van der Waals surface area contributed by atoms with E-state index in [2.05, 4.69) is 0 Å². The van der Waals surface area contributed by atoms with Crippen molar-refractivity contribution in [1.29, 1.82) is 0 Å². The van der Waals surface area contributed by atoms with E-state index in [4.69, 9.17) is 18.9 Å². The van der Waals surface area contributed by atoms with Crippen molar-refractivity contribution in [3.8, 4) is 23.0 Å². The Labute approximate surface area is 213 Å². The van der Waals surface area contributed by atoms with Crippen LogP contribution in [0.5, 0.6) is 23.0 Å². The number of ether oxygens (including phenoxy) is 4. The second-order valence-corrected chi connectivity index (χ2v) is 9.40. The number of hydrogen-bond acceptors (Lipinski definition) is 11. The summed E-state index contributed by atoms with van der Waals surface area (Å²) in [6.07, 6.45) is -6.49. The number of hydrogen-bond donors (Lipinski definition) is 6. The minimum Gasteiger partial charge on any atom is -0.504 e. The molecule has 6 N–H and O–H groups in total. The summed E-state index contributed by atoms with van der Waals surface area (Å²) in [5, 5.41) is 61.1. The van der Waals surface area contributed by atoms with Crippen LogP contribution in [0.4, 0.5) is 0 Å². The minimum absolute atomic E-state index is 0.0125. The lowest BCUT2D eigenvalue weighted by molar-refractivity contribution is -0.232. The molecule has 2 saturated heterocycles. The van der Waals surface area contributed by atoms with Gasteiger partial charge in [-0.2, -0.15) is 0 Å². The number of carbonyl (C=O) groups excluding carboxylic acids is 1. The van der Waals surface area contributed by atoms with E-state index in [-0.39, 0.29) is 47.7 Å². The molecule has 5 unspecified atom stereocenters. The van der Waals surface area contributed by atoms with E-state index in [9.17, 15) is 35.4 Å². The number of phenolic OH excluding ortho intramolecular Hbond substituents is 2. The van der Waals surface area contributed by atoms with Crippen molar-refractivity contribution >= 4 is 5.97 Å². The molecular formula is C26H32O11. The van der Waals surface area contributed by atoms with Crippen LogP contribution in [-0.4, -0.2) is 88.5 Å². The number of aromatic hydroxyl groups is 2. The molecule has 11 nitrogen and oxygen atoms in total. The molecule has 2 heterocycles. The standard InChI is InChI=1S/C26H32O11/c1-34-18-8-12(3-4-17(18)28)5-14-11-36-26(33)15(14)6-13-7-16(21(29)19(9-13)35-2)25-24(32)23(31)22(30)20(10-27)37-25/h3-4,7-9,14-15,20,22-25,27-32H,5-6,10-11H2,1-2H3/t14-,15+,20?,22?,23?,24?,25?/m0/s1. The molecule has 2 aromatic carbocycles. The SMILES string of the molecule is COc1cc(C[C@H]2COC(=O)[C@@H]2Cc2cc(OC)c(O)c(C3OC(CO)C(O)C(O)C3O)c2)ccc1O. The van der Waals surface area contributed by atoms with E-state index in [1.165, 1.54) is 26.4 Å². The monoisotopic (exact) mass is 520 g/mol. The molecule has 2 aliphatic heterocycles. The Balaban J connectivity index is 1.62. The van der Waals surface area contributed by atoms with Crippen molar-refractivity contribution in [2.45, 2.75) is 43.4 Å². The van der Waals surface area contributed by atoms with Crippen LogP contribution < -0.4 is 9.47 Å². The molecule has 2 aliphatic rings. The molecule has 4 rings (SSSR count). The van der Waals surface area contributed by atoms with Crippen LogP contribution in [0.2, 0.25) is 0 Å². The number of cyclic esters (lactones) is 1. The van der Waals surface area contributed by atoms with Gasteiger partial charge in [0.15, 0.2) is 23.0 Å². The fourth-order valence-corrected chi connectivity index (χ4v) is 5.00. The molecule has 37 heavy (non-hydrogen) atoms. The van der Waals surface area contributed by atoms with Crippen molar-refractivity contribution in [3.63, 3.8) is 0 Å². The van der Waals surface area contributed by atoms with Crippen molar-refractivity contribution < 1.29 is 54.4 Å². The maximum atomic E-state index is 12.7. The number of rotatable bonds is 8. The zero-order valence-electron chi connectivity index (χ0n) is 20.5. The van der Waals surface area contributed by atoms with Crippen LogP contribution in [0.3, 0.4) is 0 Å². The number of benzene rings is 2. The summed E-state index contributed by atoms with van der Waals surface area (Å²) in [4.78, 5) is 12.7. The summed E-state index contributed by atoms with van der Waals surface area (Å²) < 4.78 is 21.4. The topological polar surface area (TPSA) is 175 Å². The maximum Gasteiger partial charge on any atom is 0.309 e. The number of phenols is 2. The highest BCUT2D eigenvalue weighted by atomic mass is 16.5. The van der Waals surface area contributed by atoms with Gasteiger partial charge in [0, 0.05) is 11.5 Å². The average Bonchev–Trinajstić information content (AvgIpc) is 3.23. The Hall–Kier alpha value is -3.09. The maximum absolute atomic E-state index is 12.7. The number of esters is 1. The van der Waals surface area contributed by atoms with E-state index in [0.717, 1.165) is 5.56 Å². The highest BCUT2D eigenvalue weighted by Crippen LogP contribution is 2.42. The van der Waals surface area contributed by atoms with Gasteiger partial charge in [0.2, 0.25) is 0 Å². The van der Waals surface area contributed by atoms with Crippen LogP contribution in [-0.2, 0) is 27.1 Å². The second-order valence-electron chi connectivity index (χ2n) is 9.40. The van der Waals surface area contributed by atoms with Crippen LogP contribution in [0.1, 0.15) is 22.8 Å². The summed E-state index contributed by atoms with van der Waals surface area (Å²) in [5.74, 6) is -1.02. The molecule has 0 amide bonds. The lowest BCUT2D eigenvalue weighted by atomic mass is 9.83. The number of aliphatic hydroxyl groups is 4. The van der Waals surface area contributed by atoms with Crippen LogP contribution in [0.15, 0.2) is 30.3 Å². The smallest absolute Gasteiger partial charge is 0.309 e. The zero-order chi connectivity index (χ0) is 26.9. The summed E-state index contributed by atoms with van der Waals surface area (Å²) in [5.41, 5.74) is 1.52. The zero-order valence-corrected chi connectivity index (χ0v) is 20.5. The quantitative estimate of drug-likeness (QED) is 0.262. The first-order valence-electron chi connectivity index (χ1n) is 11.9. The van der Waals surface area contributed by atoms with Gasteiger partial charge in [-0.15, -0.1) is 0 Å². The third-order valence-corrected chi connectivity index (χ3v) is 7.09. The average molecular weight is 521 g/mol. The summed E-state index contributed by atoms with van der Waals surface area (Å²) >= 11 is 0. The third kappa shape index (κ3) is 5.32. The van der Waals surface area contributed by atoms with Crippen molar-refractivity contribution in [3.05, 3.63) is 47.0 Å². The van der Waals surface area contributed by atoms with Gasteiger partial charge in [-0.05, 0) is 48.2 Å². The first kappa shape index (κ1) is 27.0. The normalized spacial score (nSPS) is 29.7. The molecule has 0 bridgehead atoms. The fourth-order valence-electron chi connectivity index (χ4n) is 5.00. The van der Waals surface area contributed by atoms with Gasteiger partial charge in [-0.3, -0.25) is 4.79 Å². The predicted molar refractivity (Wildman–Crippen MR) is 127 cm³/mol. The van der Waals surface area contributed by atoms with Crippen LogP contribution in [0, 0.1) is 11.8 Å². The molecule has 0 aromatic heterocycles. The van der Waals surface area contributed by atoms with E-state index >= 15 is 0 Å². The fraction of sp³-hybridized carbons (Fsp3) is 0.500. The van der Waals surface area contributed by atoms with E-state index < -0.39 is 43.0 Å². The highest BCUT2D eigenvalue weighted by Gasteiger charge is 2.45. The van der Waals surface area contributed by atoms with Crippen LogP contribution >= 0.6 is 0 Å². The van der Waals surface area contributed by atoms with Gasteiger partial charge in [0.05, 0.1) is 33.4 Å². The summed E-state index contributed by atoms with van der Waals surface area (Å²) in [6, 6.07) is 8.08. The Kier molecular flexibility index (Phi) is 8.10. The van der Waals surface area contributed by atoms with Gasteiger partial charge in [0.25, 0.3) is 0 Å². The van der Waals surface area contributed by atoms with Crippen molar-refractivity contribution in [1.82, 2.24) is 0 Å². The molecule has 0 radical (unpaired) electrons. The van der Waals surface area contributed by atoms with Crippen molar-refractivity contribution in [2.75, 3.05) is 27.4 Å². The molecular weight excluding hydrogens is 488 g/mol. The Morgan fingerprint density at radius 3 is 2.30 bits per heavy atom. The highest BCUT2D eigenvalue weighted by molar-refractivity contribution is 5.75. The molecule has 202 valence electrons. The lowest BCUT2D eigenvalue weighted by Gasteiger charge is -2.40. The van der Waals surface area contributed by atoms with Gasteiger partial charge in [-0.25, -0.2) is 0 Å². The third-order valence-electron chi connectivity index (χ3n) is 7.09. The molecule has 7 atom stereocenters. The molecule has 2 fully saturated rings. The van der Waals surface area contributed by atoms with E-state index in [0.29, 0.717) is 17.7 Å². The molecule has 0 saturated carbocycles. The second kappa shape index (κ2) is 11.1. The predicted octanol–water partition coefficient (Wildman–Crippen LogP) is 0.204. The van der Waals surface area contributed by atoms with Gasteiger partial charge < -0.3 is 49.6 Å². The van der Waals surface area contributed by atoms with Crippen molar-refractivity contribution in [2.24, 2.45) is 11.8 Å².